The lowest BCUT2D eigenvalue weighted by Crippen LogP contribution is -2.48. The first-order valence-electron chi connectivity index (χ1n) is 20.8. The van der Waals surface area contributed by atoms with Crippen molar-refractivity contribution in [3.63, 3.8) is 0 Å². The summed E-state index contributed by atoms with van der Waals surface area (Å²) in [6, 6.07) is 15.8. The number of hydrogen-bond donors (Lipinski definition) is 2. The molecule has 4 heterocycles. The van der Waals surface area contributed by atoms with Crippen molar-refractivity contribution in [2.75, 3.05) is 65.6 Å². The fourth-order valence-electron chi connectivity index (χ4n) is 7.83. The molecule has 9 nitrogen and oxygen atoms in total. The van der Waals surface area contributed by atoms with E-state index in [0.717, 1.165) is 64.2 Å². The Morgan fingerprint density at radius 2 is 1.12 bits per heavy atom. The third-order valence-corrected chi connectivity index (χ3v) is 11.3. The molecular weight excluding hydrogens is 783 g/mol. The number of nitrogens with zero attached hydrogens (tertiary/aromatic N) is 2. The van der Waals surface area contributed by atoms with E-state index in [9.17, 15) is 9.59 Å². The summed E-state index contributed by atoms with van der Waals surface area (Å²) in [5.41, 5.74) is 2.69. The van der Waals surface area contributed by atoms with E-state index >= 15 is 0 Å². The first-order chi connectivity index (χ1) is 25.8. The highest BCUT2D eigenvalue weighted by Gasteiger charge is 2.38. The quantitative estimate of drug-likeness (QED) is 0.241. The fourth-order valence-corrected chi connectivity index (χ4v) is 7.83. The summed E-state index contributed by atoms with van der Waals surface area (Å²) >= 11 is 0. The zero-order valence-electron chi connectivity index (χ0n) is 35.9. The van der Waals surface area contributed by atoms with E-state index in [4.69, 9.17) is 14.2 Å². The van der Waals surface area contributed by atoms with Crippen LogP contribution in [0, 0.1) is 22.7 Å². The highest BCUT2D eigenvalue weighted by atomic mass is 35.5. The molecule has 4 fully saturated rings. The minimum Gasteiger partial charge on any atom is -0.493 e. The van der Waals surface area contributed by atoms with Gasteiger partial charge in [-0.25, -0.2) is 4.79 Å². The number of ether oxygens (including phenoxy) is 3. The van der Waals surface area contributed by atoms with Gasteiger partial charge in [-0.3, -0.25) is 9.69 Å². The summed E-state index contributed by atoms with van der Waals surface area (Å²) in [4.78, 5) is 27.1. The van der Waals surface area contributed by atoms with Crippen LogP contribution in [0.15, 0.2) is 48.5 Å². The van der Waals surface area contributed by atoms with E-state index in [0.29, 0.717) is 40.6 Å². The SMILES string of the molecule is CC(C)(C)OC(=O)N1CCC2(CCNCC2)CC1.CC(C)COc1ccccc1C=O.CC(C)COc1ccccc1CN1CCC2(CCNCC2)CC1.Cl.Cl.Cl. The second kappa shape index (κ2) is 26.0. The molecule has 6 rings (SSSR count). The van der Waals surface area contributed by atoms with E-state index < -0.39 is 0 Å². The van der Waals surface area contributed by atoms with Gasteiger partial charge < -0.3 is 29.7 Å². The van der Waals surface area contributed by atoms with Crippen LogP contribution in [0.4, 0.5) is 4.79 Å². The van der Waals surface area contributed by atoms with Gasteiger partial charge in [0.05, 0.1) is 18.8 Å². The predicted octanol–water partition coefficient (Wildman–Crippen LogP) is 9.87. The molecular formula is C45H75Cl3N4O5. The number of carbonyl (C=O) groups is 2. The molecule has 0 radical (unpaired) electrons. The van der Waals surface area contributed by atoms with E-state index in [-0.39, 0.29) is 48.9 Å². The van der Waals surface area contributed by atoms with Crippen LogP contribution in [0.25, 0.3) is 0 Å². The van der Waals surface area contributed by atoms with Gasteiger partial charge in [-0.05, 0) is 152 Å². The lowest BCUT2D eigenvalue weighted by Gasteiger charge is -2.44. The highest BCUT2D eigenvalue weighted by molar-refractivity contribution is 5.86. The lowest BCUT2D eigenvalue weighted by atomic mass is 9.71. The van der Waals surface area contributed by atoms with Gasteiger partial charge in [0.1, 0.15) is 17.1 Å². The summed E-state index contributed by atoms with van der Waals surface area (Å²) in [7, 11) is 0. The van der Waals surface area contributed by atoms with Gasteiger partial charge in [-0.2, -0.15) is 0 Å². The molecule has 0 saturated carbocycles. The average molecular weight is 858 g/mol. The lowest BCUT2D eigenvalue weighted by molar-refractivity contribution is 0.00571. The smallest absolute Gasteiger partial charge is 0.410 e. The van der Waals surface area contributed by atoms with Crippen molar-refractivity contribution >= 4 is 49.6 Å². The highest BCUT2D eigenvalue weighted by Crippen LogP contribution is 2.41. The van der Waals surface area contributed by atoms with E-state index in [2.05, 4.69) is 67.5 Å². The number of benzene rings is 2. The van der Waals surface area contributed by atoms with Gasteiger partial charge >= 0.3 is 6.09 Å². The molecule has 0 atom stereocenters. The minimum absolute atomic E-state index is 0. The molecule has 4 aliphatic heterocycles. The zero-order valence-corrected chi connectivity index (χ0v) is 38.4. The van der Waals surface area contributed by atoms with Crippen LogP contribution >= 0.6 is 37.2 Å². The topological polar surface area (TPSA) is 92.4 Å². The van der Waals surface area contributed by atoms with Gasteiger partial charge in [-0.15, -0.1) is 37.2 Å². The Bertz CT molecular complexity index is 1410. The molecule has 0 aromatic heterocycles. The number of rotatable bonds is 9. The van der Waals surface area contributed by atoms with Crippen molar-refractivity contribution in [2.24, 2.45) is 22.7 Å². The van der Waals surface area contributed by atoms with Gasteiger partial charge in [-0.1, -0.05) is 58.0 Å². The first-order valence-corrected chi connectivity index (χ1v) is 20.8. The van der Waals surface area contributed by atoms with Crippen molar-refractivity contribution in [3.05, 3.63) is 59.7 Å². The van der Waals surface area contributed by atoms with E-state index in [1.54, 1.807) is 6.07 Å². The van der Waals surface area contributed by atoms with Crippen LogP contribution in [0.1, 0.15) is 116 Å². The molecule has 4 saturated heterocycles. The summed E-state index contributed by atoms with van der Waals surface area (Å²) in [5, 5.41) is 6.92. The molecule has 0 bridgehead atoms. The number of carbonyl (C=O) groups excluding carboxylic acids is 2. The molecule has 2 N–H and O–H groups in total. The standard InChI is InChI=1S/C20H32N2O.C14H26N2O2.C11H14O2.3ClH/c1-17(2)16-23-19-6-4-3-5-18(19)15-22-13-9-20(10-14-22)7-11-21-12-8-20;1-13(2,3)18-12(17)16-10-6-14(7-11-16)4-8-15-9-5-14;1-9(2)8-13-11-6-4-3-5-10(11)7-12;;;/h3-6,17,21H,7-16H2,1-2H3;15H,4-11H2,1-3H3;3-7,9H,8H2,1-2H3;3*1H. The molecule has 2 aromatic carbocycles. The number of nitrogens with one attached hydrogen (secondary N) is 2. The Balaban J connectivity index is 0.000000433. The van der Waals surface area contributed by atoms with Crippen LogP contribution in [-0.2, 0) is 11.3 Å². The van der Waals surface area contributed by atoms with E-state index in [1.807, 2.05) is 43.9 Å². The van der Waals surface area contributed by atoms with Crippen LogP contribution in [0.2, 0.25) is 0 Å². The normalized spacial score (nSPS) is 18.6. The minimum atomic E-state index is -0.388. The molecule has 4 aliphatic rings. The van der Waals surface area contributed by atoms with Crippen molar-refractivity contribution in [1.82, 2.24) is 20.4 Å². The summed E-state index contributed by atoms with van der Waals surface area (Å²) < 4.78 is 16.9. The Hall–Kier alpha value is -2.27. The Morgan fingerprint density at radius 1 is 0.684 bits per heavy atom. The van der Waals surface area contributed by atoms with Crippen molar-refractivity contribution < 1.29 is 23.8 Å². The number of hydrogen-bond acceptors (Lipinski definition) is 8. The maximum absolute atomic E-state index is 12.0. The molecule has 2 aromatic rings. The van der Waals surface area contributed by atoms with Gasteiger partial charge in [0.25, 0.3) is 0 Å². The molecule has 57 heavy (non-hydrogen) atoms. The largest absolute Gasteiger partial charge is 0.493 e. The second-order valence-corrected chi connectivity index (χ2v) is 17.9. The summed E-state index contributed by atoms with van der Waals surface area (Å²) in [6.07, 6.45) is 10.9. The van der Waals surface area contributed by atoms with Gasteiger partial charge in [0.15, 0.2) is 6.29 Å². The monoisotopic (exact) mass is 856 g/mol. The number of piperidine rings is 4. The van der Waals surface area contributed by atoms with Crippen LogP contribution in [-0.4, -0.2) is 93.4 Å². The first kappa shape index (κ1) is 52.7. The van der Waals surface area contributed by atoms with Crippen LogP contribution in [0.3, 0.4) is 0 Å². The predicted molar refractivity (Wildman–Crippen MR) is 241 cm³/mol. The fraction of sp³-hybridized carbons (Fsp3) is 0.689. The average Bonchev–Trinajstić information content (AvgIpc) is 3.15. The Kier molecular flexibility index (Phi) is 24.1. The number of aldehydes is 1. The molecule has 0 unspecified atom stereocenters. The number of likely N-dealkylation sites (tertiary alicyclic amines) is 2. The van der Waals surface area contributed by atoms with Crippen molar-refractivity contribution in [2.45, 2.75) is 112 Å². The molecule has 12 heteroatoms. The molecule has 326 valence electrons. The Labute approximate surface area is 363 Å². The molecule has 2 spiro atoms. The molecule has 1 amide bonds. The maximum Gasteiger partial charge on any atom is 0.410 e. The number of halogens is 3. The van der Waals surface area contributed by atoms with Crippen LogP contribution < -0.4 is 20.1 Å². The Morgan fingerprint density at radius 3 is 1.60 bits per heavy atom. The second-order valence-electron chi connectivity index (χ2n) is 17.9. The third kappa shape index (κ3) is 18.3. The van der Waals surface area contributed by atoms with Gasteiger partial charge in [0.2, 0.25) is 0 Å². The maximum atomic E-state index is 12.0. The van der Waals surface area contributed by atoms with E-state index in [1.165, 1.54) is 70.3 Å². The number of amides is 1. The zero-order chi connectivity index (χ0) is 39.0. The van der Waals surface area contributed by atoms with Crippen molar-refractivity contribution in [3.8, 4) is 11.5 Å². The summed E-state index contributed by atoms with van der Waals surface area (Å²) in [5.74, 6) is 2.78. The van der Waals surface area contributed by atoms with Crippen molar-refractivity contribution in [1.29, 1.82) is 0 Å². The third-order valence-electron chi connectivity index (χ3n) is 11.3. The molecule has 0 aliphatic carbocycles. The van der Waals surface area contributed by atoms with Crippen LogP contribution in [0.5, 0.6) is 11.5 Å². The number of para-hydroxylation sites is 2. The van der Waals surface area contributed by atoms with Gasteiger partial charge in [0, 0.05) is 25.2 Å². The summed E-state index contributed by atoms with van der Waals surface area (Å²) in [6.45, 7) is 25.7.